The van der Waals surface area contributed by atoms with Crippen LogP contribution in [0.4, 0.5) is 5.69 Å². The van der Waals surface area contributed by atoms with Gasteiger partial charge in [0.05, 0.1) is 6.54 Å². The third-order valence-corrected chi connectivity index (χ3v) is 3.73. The molecule has 0 atom stereocenters. The molecule has 3 heteroatoms. The molecule has 24 heavy (non-hydrogen) atoms. The highest BCUT2D eigenvalue weighted by molar-refractivity contribution is 6.11. The Hall–Kier alpha value is -3.20. The molecule has 0 bridgehead atoms. The number of amides is 1. The lowest BCUT2D eigenvalue weighted by atomic mass is 10.1. The van der Waals surface area contributed by atoms with E-state index in [1.54, 1.807) is 24.3 Å². The van der Waals surface area contributed by atoms with E-state index in [0.29, 0.717) is 16.8 Å². The van der Waals surface area contributed by atoms with Crippen LogP contribution < -0.4 is 4.90 Å². The number of ketones is 1. The standard InChI is InChI=1S/C21H17NO2/c23-20(17-10-4-1-5-11-17)16-22(19-14-8-3-9-15-19)21(24)18-12-6-2-7-13-18/h1-15H,16H2. The molecule has 0 aromatic heterocycles. The van der Waals surface area contributed by atoms with Gasteiger partial charge in [-0.1, -0.05) is 66.7 Å². The number of hydrogen-bond acceptors (Lipinski definition) is 2. The van der Waals surface area contributed by atoms with Crippen LogP contribution in [0.3, 0.4) is 0 Å². The average Bonchev–Trinajstić information content (AvgIpc) is 2.67. The van der Waals surface area contributed by atoms with Gasteiger partial charge in [0, 0.05) is 16.8 Å². The second kappa shape index (κ2) is 7.38. The van der Waals surface area contributed by atoms with Crippen LogP contribution in [0.2, 0.25) is 0 Å². The van der Waals surface area contributed by atoms with Crippen molar-refractivity contribution in [2.45, 2.75) is 0 Å². The fourth-order valence-corrected chi connectivity index (χ4v) is 2.48. The van der Waals surface area contributed by atoms with E-state index in [-0.39, 0.29) is 18.2 Å². The summed E-state index contributed by atoms with van der Waals surface area (Å²) in [5, 5.41) is 0. The van der Waals surface area contributed by atoms with Gasteiger partial charge in [-0.2, -0.15) is 0 Å². The Morgan fingerprint density at radius 3 is 1.62 bits per heavy atom. The molecule has 3 nitrogen and oxygen atoms in total. The topological polar surface area (TPSA) is 37.4 Å². The number of Topliss-reactive ketones (excluding diaryl/α,β-unsaturated/α-hetero) is 1. The molecule has 0 radical (unpaired) electrons. The molecule has 3 aromatic carbocycles. The lowest BCUT2D eigenvalue weighted by Gasteiger charge is -2.22. The van der Waals surface area contributed by atoms with Crippen molar-refractivity contribution in [3.8, 4) is 0 Å². The van der Waals surface area contributed by atoms with Gasteiger partial charge in [-0.25, -0.2) is 0 Å². The van der Waals surface area contributed by atoms with Crippen LogP contribution >= 0.6 is 0 Å². The zero-order chi connectivity index (χ0) is 16.8. The lowest BCUT2D eigenvalue weighted by Crippen LogP contribution is -2.35. The van der Waals surface area contributed by atoms with Crippen LogP contribution in [0, 0.1) is 0 Å². The normalized spacial score (nSPS) is 10.2. The van der Waals surface area contributed by atoms with Gasteiger partial charge in [0.25, 0.3) is 5.91 Å². The summed E-state index contributed by atoms with van der Waals surface area (Å²) in [5.41, 5.74) is 1.86. The molecule has 0 aliphatic carbocycles. The van der Waals surface area contributed by atoms with Crippen LogP contribution in [0.15, 0.2) is 91.0 Å². The zero-order valence-corrected chi connectivity index (χ0v) is 13.1. The van der Waals surface area contributed by atoms with Crippen molar-refractivity contribution in [1.29, 1.82) is 0 Å². The molecule has 118 valence electrons. The summed E-state index contributed by atoms with van der Waals surface area (Å²) in [4.78, 5) is 27.0. The maximum Gasteiger partial charge on any atom is 0.258 e. The van der Waals surface area contributed by atoms with Gasteiger partial charge in [0.15, 0.2) is 5.78 Å². The van der Waals surface area contributed by atoms with Crippen molar-refractivity contribution in [3.05, 3.63) is 102 Å². The van der Waals surface area contributed by atoms with Crippen LogP contribution in [0.25, 0.3) is 0 Å². The molecule has 0 aliphatic rings. The van der Waals surface area contributed by atoms with Crippen molar-refractivity contribution in [2.75, 3.05) is 11.4 Å². The summed E-state index contributed by atoms with van der Waals surface area (Å²) in [6.07, 6.45) is 0. The molecule has 3 aromatic rings. The second-order valence-electron chi connectivity index (χ2n) is 5.38. The third kappa shape index (κ3) is 3.58. The molecule has 0 saturated heterocycles. The number of nitrogens with zero attached hydrogens (tertiary/aromatic N) is 1. The number of anilines is 1. The summed E-state index contributed by atoms with van der Waals surface area (Å²) >= 11 is 0. The predicted octanol–water partition coefficient (Wildman–Crippen LogP) is 4.22. The van der Waals surface area contributed by atoms with Gasteiger partial charge >= 0.3 is 0 Å². The van der Waals surface area contributed by atoms with E-state index in [1.807, 2.05) is 66.7 Å². The third-order valence-electron chi connectivity index (χ3n) is 3.73. The second-order valence-corrected chi connectivity index (χ2v) is 5.38. The Morgan fingerprint density at radius 2 is 1.08 bits per heavy atom. The maximum absolute atomic E-state index is 12.9. The quantitative estimate of drug-likeness (QED) is 0.661. The van der Waals surface area contributed by atoms with Crippen molar-refractivity contribution >= 4 is 17.4 Å². The van der Waals surface area contributed by atoms with Crippen molar-refractivity contribution < 1.29 is 9.59 Å². The molecule has 0 spiro atoms. The predicted molar refractivity (Wildman–Crippen MR) is 95.3 cm³/mol. The van der Waals surface area contributed by atoms with Gasteiger partial charge in [0.1, 0.15) is 0 Å². The van der Waals surface area contributed by atoms with E-state index < -0.39 is 0 Å². The fraction of sp³-hybridized carbons (Fsp3) is 0.0476. The van der Waals surface area contributed by atoms with E-state index in [2.05, 4.69) is 0 Å². The van der Waals surface area contributed by atoms with Crippen molar-refractivity contribution in [3.63, 3.8) is 0 Å². The molecular formula is C21H17NO2. The van der Waals surface area contributed by atoms with E-state index in [9.17, 15) is 9.59 Å². The summed E-state index contributed by atoms with van der Waals surface area (Å²) < 4.78 is 0. The maximum atomic E-state index is 12.9. The Bertz CT molecular complexity index is 814. The molecule has 0 saturated carbocycles. The van der Waals surface area contributed by atoms with Gasteiger partial charge < -0.3 is 4.90 Å². The average molecular weight is 315 g/mol. The number of rotatable bonds is 5. The minimum Gasteiger partial charge on any atom is -0.301 e. The monoisotopic (exact) mass is 315 g/mol. The molecule has 0 unspecified atom stereocenters. The summed E-state index contributed by atoms with van der Waals surface area (Å²) in [5.74, 6) is -0.283. The highest BCUT2D eigenvalue weighted by Crippen LogP contribution is 2.18. The first-order valence-electron chi connectivity index (χ1n) is 7.76. The Balaban J connectivity index is 1.91. The van der Waals surface area contributed by atoms with Gasteiger partial charge in [-0.15, -0.1) is 0 Å². The first-order chi connectivity index (χ1) is 11.8. The van der Waals surface area contributed by atoms with E-state index in [0.717, 1.165) is 0 Å². The molecule has 0 fully saturated rings. The SMILES string of the molecule is O=C(CN(C(=O)c1ccccc1)c1ccccc1)c1ccccc1. The van der Waals surface area contributed by atoms with Gasteiger partial charge in [-0.3, -0.25) is 9.59 Å². The number of benzene rings is 3. The largest absolute Gasteiger partial charge is 0.301 e. The number of carbonyl (C=O) groups excluding carboxylic acids is 2. The minimum atomic E-state index is -0.189. The Labute approximate surface area is 141 Å². The molecular weight excluding hydrogens is 298 g/mol. The first kappa shape index (κ1) is 15.7. The fourth-order valence-electron chi connectivity index (χ4n) is 2.48. The highest BCUT2D eigenvalue weighted by atomic mass is 16.2. The number of carbonyl (C=O) groups is 2. The minimum absolute atomic E-state index is 0.00174. The molecule has 0 aliphatic heterocycles. The Kier molecular flexibility index (Phi) is 4.82. The van der Waals surface area contributed by atoms with E-state index in [4.69, 9.17) is 0 Å². The van der Waals surface area contributed by atoms with Crippen molar-refractivity contribution in [1.82, 2.24) is 0 Å². The highest BCUT2D eigenvalue weighted by Gasteiger charge is 2.21. The molecule has 1 amide bonds. The van der Waals surface area contributed by atoms with Crippen LogP contribution in [0.5, 0.6) is 0 Å². The summed E-state index contributed by atoms with van der Waals surface area (Å²) in [6, 6.07) is 27.3. The number of hydrogen-bond donors (Lipinski definition) is 0. The van der Waals surface area contributed by atoms with Crippen molar-refractivity contribution in [2.24, 2.45) is 0 Å². The van der Waals surface area contributed by atoms with Crippen LogP contribution in [0.1, 0.15) is 20.7 Å². The van der Waals surface area contributed by atoms with E-state index in [1.165, 1.54) is 4.90 Å². The van der Waals surface area contributed by atoms with Crippen LogP contribution in [-0.4, -0.2) is 18.2 Å². The molecule has 3 rings (SSSR count). The van der Waals surface area contributed by atoms with Gasteiger partial charge in [-0.05, 0) is 24.3 Å². The smallest absolute Gasteiger partial charge is 0.258 e. The summed E-state index contributed by atoms with van der Waals surface area (Å²) in [7, 11) is 0. The van der Waals surface area contributed by atoms with E-state index >= 15 is 0 Å². The molecule has 0 heterocycles. The number of para-hydroxylation sites is 1. The molecule has 0 N–H and O–H groups in total. The first-order valence-corrected chi connectivity index (χ1v) is 7.76. The lowest BCUT2D eigenvalue weighted by molar-refractivity contribution is 0.0937. The van der Waals surface area contributed by atoms with Gasteiger partial charge in [0.2, 0.25) is 0 Å². The van der Waals surface area contributed by atoms with Crippen LogP contribution in [-0.2, 0) is 0 Å². The Morgan fingerprint density at radius 1 is 0.625 bits per heavy atom. The zero-order valence-electron chi connectivity index (χ0n) is 13.1. The summed E-state index contributed by atoms with van der Waals surface area (Å²) in [6.45, 7) is 0.00174.